The van der Waals surface area contributed by atoms with Crippen molar-refractivity contribution in [3.63, 3.8) is 0 Å². The number of anilines is 1. The van der Waals surface area contributed by atoms with Gasteiger partial charge < -0.3 is 25.1 Å². The maximum atomic E-state index is 13.2. The van der Waals surface area contributed by atoms with Crippen LogP contribution in [0.25, 0.3) is 0 Å². The number of amides is 1. The van der Waals surface area contributed by atoms with Gasteiger partial charge in [-0.05, 0) is 12.1 Å². The fourth-order valence-electron chi connectivity index (χ4n) is 1.25. The van der Waals surface area contributed by atoms with Crippen molar-refractivity contribution in [1.29, 1.82) is 0 Å². The summed E-state index contributed by atoms with van der Waals surface area (Å²) >= 11 is 0.776. The highest BCUT2D eigenvalue weighted by Crippen LogP contribution is 2.18. The first-order chi connectivity index (χ1) is 8.91. The second-order valence-corrected chi connectivity index (χ2v) is 4.35. The highest BCUT2D eigenvalue weighted by molar-refractivity contribution is 8.00. The lowest BCUT2D eigenvalue weighted by atomic mass is 10.1. The Labute approximate surface area is 111 Å². The Bertz CT molecular complexity index is 520. The van der Waals surface area contributed by atoms with E-state index >= 15 is 0 Å². The number of aromatic carboxylic acids is 1. The van der Waals surface area contributed by atoms with Gasteiger partial charge in [-0.3, -0.25) is 4.79 Å². The van der Waals surface area contributed by atoms with E-state index in [0.717, 1.165) is 17.8 Å². The molecule has 6 nitrogen and oxygen atoms in total. The molecule has 8 heteroatoms. The number of rotatable bonds is 6. The molecular weight excluding hydrogens is 277 g/mol. The van der Waals surface area contributed by atoms with Gasteiger partial charge in [-0.2, -0.15) is 0 Å². The standard InChI is InChI=1S/C11H10FNO5S/c12-6-2-1-3-7(10(6)11(17)18)13-8(14)4-19-5-9(15)16/h1-3H,4-5H2,(H,13,14)(H,15,16)(H,17,18)/p-2. The van der Waals surface area contributed by atoms with Gasteiger partial charge in [0.2, 0.25) is 5.91 Å². The molecule has 1 rings (SSSR count). The van der Waals surface area contributed by atoms with Crippen molar-refractivity contribution in [3.8, 4) is 0 Å². The summed E-state index contributed by atoms with van der Waals surface area (Å²) in [6, 6.07) is 3.35. The summed E-state index contributed by atoms with van der Waals surface area (Å²) in [5, 5.41) is 23.0. The predicted octanol–water partition coefficient (Wildman–Crippen LogP) is -1.39. The number of hydrogen-bond donors (Lipinski definition) is 1. The molecule has 0 aliphatic heterocycles. The second kappa shape index (κ2) is 6.74. The van der Waals surface area contributed by atoms with E-state index in [4.69, 9.17) is 0 Å². The molecule has 1 N–H and O–H groups in total. The number of hydrogen-bond acceptors (Lipinski definition) is 6. The summed E-state index contributed by atoms with van der Waals surface area (Å²) in [5.41, 5.74) is -0.986. The molecule has 1 amide bonds. The van der Waals surface area contributed by atoms with Crippen LogP contribution in [-0.2, 0) is 9.59 Å². The molecule has 0 saturated heterocycles. The Hall–Kier alpha value is -2.09. The average Bonchev–Trinajstić information content (AvgIpc) is 2.27. The number of carboxylic acids is 2. The molecule has 1 aromatic carbocycles. The molecule has 0 unspecified atom stereocenters. The summed E-state index contributed by atoms with van der Waals surface area (Å²) in [4.78, 5) is 32.3. The topological polar surface area (TPSA) is 109 Å². The van der Waals surface area contributed by atoms with Crippen molar-refractivity contribution < 1.29 is 29.0 Å². The fraction of sp³-hybridized carbons (Fsp3) is 0.182. The summed E-state index contributed by atoms with van der Waals surface area (Å²) in [5.74, 6) is -5.35. The van der Waals surface area contributed by atoms with Gasteiger partial charge >= 0.3 is 0 Å². The van der Waals surface area contributed by atoms with Gasteiger partial charge in [-0.1, -0.05) is 6.07 Å². The lowest BCUT2D eigenvalue weighted by molar-refractivity contribution is -0.301. The number of halogens is 1. The smallest absolute Gasteiger partial charge is 0.234 e. The number of carbonyl (C=O) groups excluding carboxylic acids is 3. The van der Waals surface area contributed by atoms with E-state index < -0.39 is 29.2 Å². The molecule has 0 heterocycles. The molecule has 19 heavy (non-hydrogen) atoms. The van der Waals surface area contributed by atoms with Crippen molar-refractivity contribution in [2.75, 3.05) is 16.8 Å². The quantitative estimate of drug-likeness (QED) is 0.689. The Morgan fingerprint density at radius 2 is 1.89 bits per heavy atom. The zero-order valence-corrected chi connectivity index (χ0v) is 10.3. The van der Waals surface area contributed by atoms with E-state index in [9.17, 15) is 29.0 Å². The molecular formula is C11H8FNO5S-2. The van der Waals surface area contributed by atoms with Crippen LogP contribution in [0.5, 0.6) is 0 Å². The molecule has 0 aromatic heterocycles. The third-order valence-electron chi connectivity index (χ3n) is 1.94. The minimum atomic E-state index is -1.75. The van der Waals surface area contributed by atoms with Crippen molar-refractivity contribution in [2.24, 2.45) is 0 Å². The zero-order chi connectivity index (χ0) is 14.4. The van der Waals surface area contributed by atoms with E-state index in [1.54, 1.807) is 0 Å². The van der Waals surface area contributed by atoms with Crippen LogP contribution in [0.2, 0.25) is 0 Å². The summed E-state index contributed by atoms with van der Waals surface area (Å²) in [7, 11) is 0. The van der Waals surface area contributed by atoms with Gasteiger partial charge in [0.05, 0.1) is 28.9 Å². The van der Waals surface area contributed by atoms with E-state index in [1.165, 1.54) is 12.1 Å². The molecule has 0 atom stereocenters. The maximum Gasteiger partial charge on any atom is 0.234 e. The number of carboxylic acid groups (broad SMARTS) is 2. The average molecular weight is 285 g/mol. The molecule has 102 valence electrons. The maximum absolute atomic E-state index is 13.2. The third kappa shape index (κ3) is 4.59. The van der Waals surface area contributed by atoms with Gasteiger partial charge in [-0.15, -0.1) is 11.8 Å². The number of nitrogens with one attached hydrogen (secondary N) is 1. The van der Waals surface area contributed by atoms with Gasteiger partial charge in [0.25, 0.3) is 0 Å². The van der Waals surface area contributed by atoms with Crippen LogP contribution < -0.4 is 15.5 Å². The second-order valence-electron chi connectivity index (χ2n) is 3.36. The highest BCUT2D eigenvalue weighted by atomic mass is 32.2. The first-order valence-corrected chi connectivity index (χ1v) is 6.14. The van der Waals surface area contributed by atoms with Crippen molar-refractivity contribution in [2.45, 2.75) is 0 Å². The monoisotopic (exact) mass is 285 g/mol. The molecule has 0 aliphatic carbocycles. The number of benzene rings is 1. The molecule has 0 aliphatic rings. The highest BCUT2D eigenvalue weighted by Gasteiger charge is 2.11. The SMILES string of the molecule is O=C([O-])CSCC(=O)Nc1cccc(F)c1C(=O)[O-]. The Morgan fingerprint density at radius 1 is 1.21 bits per heavy atom. The van der Waals surface area contributed by atoms with Crippen LogP contribution in [0.4, 0.5) is 10.1 Å². The molecule has 0 saturated carbocycles. The molecule has 0 spiro atoms. The number of aliphatic carboxylic acids is 1. The van der Waals surface area contributed by atoms with Crippen molar-refractivity contribution in [3.05, 3.63) is 29.6 Å². The van der Waals surface area contributed by atoms with Gasteiger partial charge in [-0.25, -0.2) is 4.39 Å². The van der Waals surface area contributed by atoms with Crippen LogP contribution in [0.15, 0.2) is 18.2 Å². The Kier molecular flexibility index (Phi) is 5.31. The van der Waals surface area contributed by atoms with Gasteiger partial charge in [0, 0.05) is 5.75 Å². The van der Waals surface area contributed by atoms with Crippen LogP contribution in [-0.4, -0.2) is 29.4 Å². The molecule has 1 aromatic rings. The number of carbonyl (C=O) groups is 3. The largest absolute Gasteiger partial charge is 0.549 e. The molecule has 0 radical (unpaired) electrons. The lowest BCUT2D eigenvalue weighted by Gasteiger charge is -2.12. The van der Waals surface area contributed by atoms with E-state index in [-0.39, 0.29) is 17.2 Å². The normalized spacial score (nSPS) is 9.95. The van der Waals surface area contributed by atoms with E-state index in [0.29, 0.717) is 0 Å². The van der Waals surface area contributed by atoms with Gasteiger partial charge in [0.15, 0.2) is 0 Å². The first-order valence-electron chi connectivity index (χ1n) is 4.99. The van der Waals surface area contributed by atoms with E-state index in [1.807, 2.05) is 0 Å². The van der Waals surface area contributed by atoms with Crippen molar-refractivity contribution in [1.82, 2.24) is 0 Å². The van der Waals surface area contributed by atoms with Crippen LogP contribution in [0, 0.1) is 5.82 Å². The first kappa shape index (κ1) is 15.0. The van der Waals surface area contributed by atoms with Crippen LogP contribution in [0.1, 0.15) is 10.4 Å². The fourth-order valence-corrected chi connectivity index (χ4v) is 1.78. The van der Waals surface area contributed by atoms with Crippen LogP contribution >= 0.6 is 11.8 Å². The Morgan fingerprint density at radius 3 is 2.47 bits per heavy atom. The summed E-state index contributed by atoms with van der Waals surface area (Å²) < 4.78 is 13.2. The van der Waals surface area contributed by atoms with Gasteiger partial charge in [0.1, 0.15) is 5.82 Å². The predicted molar refractivity (Wildman–Crippen MR) is 61.7 cm³/mol. The lowest BCUT2D eigenvalue weighted by Crippen LogP contribution is -2.27. The van der Waals surface area contributed by atoms with Crippen molar-refractivity contribution >= 4 is 35.3 Å². The minimum Gasteiger partial charge on any atom is -0.549 e. The molecule has 0 fully saturated rings. The third-order valence-corrected chi connectivity index (χ3v) is 2.85. The minimum absolute atomic E-state index is 0.225. The van der Waals surface area contributed by atoms with Crippen LogP contribution in [0.3, 0.4) is 0 Å². The molecule has 0 bridgehead atoms. The van der Waals surface area contributed by atoms with E-state index in [2.05, 4.69) is 5.32 Å². The summed E-state index contributed by atoms with van der Waals surface area (Å²) in [6.45, 7) is 0. The summed E-state index contributed by atoms with van der Waals surface area (Å²) in [6.07, 6.45) is 0. The Balaban J connectivity index is 2.72. The number of thioether (sulfide) groups is 1. The zero-order valence-electron chi connectivity index (χ0n) is 9.47.